The van der Waals surface area contributed by atoms with Gasteiger partial charge in [-0.1, -0.05) is 67.6 Å². The number of rotatable bonds is 9. The zero-order valence-electron chi connectivity index (χ0n) is 16.3. The summed E-state index contributed by atoms with van der Waals surface area (Å²) in [7, 11) is -3.73. The summed E-state index contributed by atoms with van der Waals surface area (Å²) >= 11 is 3.44. The second kappa shape index (κ2) is 10.1. The van der Waals surface area contributed by atoms with Crippen molar-refractivity contribution in [3.05, 3.63) is 94.5 Å². The highest BCUT2D eigenvalue weighted by Gasteiger charge is 2.26. The van der Waals surface area contributed by atoms with Crippen LogP contribution in [0.2, 0.25) is 0 Å². The number of halogens is 1. The van der Waals surface area contributed by atoms with Gasteiger partial charge in [0.25, 0.3) is 0 Å². The maximum atomic E-state index is 13.5. The van der Waals surface area contributed by atoms with E-state index < -0.39 is 10.0 Å². The quantitative estimate of drug-likeness (QED) is 0.404. The molecule has 4 nitrogen and oxygen atoms in total. The fraction of sp³-hybridized carbons (Fsp3) is 0.217. The molecule has 0 heterocycles. The van der Waals surface area contributed by atoms with Gasteiger partial charge in [-0.15, -0.1) is 0 Å². The average molecular weight is 474 g/mol. The maximum absolute atomic E-state index is 13.5. The molecule has 3 aromatic rings. The number of sulfonamides is 1. The van der Waals surface area contributed by atoms with Crippen molar-refractivity contribution >= 4 is 26.0 Å². The minimum absolute atomic E-state index is 0.221. The molecule has 0 aromatic heterocycles. The van der Waals surface area contributed by atoms with Crippen LogP contribution in [0.3, 0.4) is 0 Å². The Labute approximate surface area is 181 Å². The number of hydrogen-bond acceptors (Lipinski definition) is 3. The molecule has 0 aliphatic carbocycles. The Morgan fingerprint density at radius 2 is 1.41 bits per heavy atom. The van der Waals surface area contributed by atoms with E-state index in [1.807, 2.05) is 67.6 Å². The molecular formula is C23H24BrNO3S. The number of ether oxygens (including phenoxy) is 1. The lowest BCUT2D eigenvalue weighted by Gasteiger charge is -2.23. The minimum atomic E-state index is -3.73. The molecule has 29 heavy (non-hydrogen) atoms. The second-order valence-electron chi connectivity index (χ2n) is 6.68. The Hall–Kier alpha value is -2.15. The summed E-state index contributed by atoms with van der Waals surface area (Å²) in [6, 6.07) is 24.2. The van der Waals surface area contributed by atoms with Crippen molar-refractivity contribution in [1.82, 2.24) is 4.31 Å². The molecule has 0 aliphatic rings. The van der Waals surface area contributed by atoms with Crippen LogP contribution in [-0.2, 0) is 23.1 Å². The highest BCUT2D eigenvalue weighted by Crippen LogP contribution is 2.30. The van der Waals surface area contributed by atoms with Gasteiger partial charge in [0.1, 0.15) is 5.75 Å². The van der Waals surface area contributed by atoms with Gasteiger partial charge in [-0.05, 0) is 45.6 Å². The van der Waals surface area contributed by atoms with Crippen LogP contribution < -0.4 is 4.74 Å². The first-order valence-electron chi connectivity index (χ1n) is 9.51. The first-order valence-corrected chi connectivity index (χ1v) is 11.7. The van der Waals surface area contributed by atoms with Crippen molar-refractivity contribution < 1.29 is 13.2 Å². The van der Waals surface area contributed by atoms with Gasteiger partial charge in [0, 0.05) is 19.2 Å². The Morgan fingerprint density at radius 3 is 1.93 bits per heavy atom. The summed E-state index contributed by atoms with van der Waals surface area (Å²) in [6.45, 7) is 3.12. The van der Waals surface area contributed by atoms with E-state index in [1.165, 1.54) is 4.31 Å². The van der Waals surface area contributed by atoms with E-state index in [0.29, 0.717) is 25.4 Å². The van der Waals surface area contributed by atoms with Crippen molar-refractivity contribution in [3.63, 3.8) is 0 Å². The van der Waals surface area contributed by atoms with E-state index in [2.05, 4.69) is 15.9 Å². The van der Waals surface area contributed by atoms with Gasteiger partial charge in [0.15, 0.2) is 0 Å². The van der Waals surface area contributed by atoms with Crippen molar-refractivity contribution in [2.75, 3.05) is 6.61 Å². The summed E-state index contributed by atoms with van der Waals surface area (Å²) in [5.41, 5.74) is 1.87. The van der Waals surface area contributed by atoms with Crippen molar-refractivity contribution in [2.24, 2.45) is 0 Å². The van der Waals surface area contributed by atoms with E-state index in [4.69, 9.17) is 4.74 Å². The van der Waals surface area contributed by atoms with Gasteiger partial charge >= 0.3 is 0 Å². The predicted octanol–water partition coefficient (Wildman–Crippen LogP) is 5.63. The average Bonchev–Trinajstić information content (AvgIpc) is 2.74. The summed E-state index contributed by atoms with van der Waals surface area (Å²) in [5.74, 6) is 0.535. The van der Waals surface area contributed by atoms with E-state index in [9.17, 15) is 8.42 Å². The molecule has 0 amide bonds. The molecule has 0 N–H and O–H groups in total. The largest absolute Gasteiger partial charge is 0.492 e. The Balaban J connectivity index is 1.96. The predicted molar refractivity (Wildman–Crippen MR) is 119 cm³/mol. The number of hydrogen-bond donors (Lipinski definition) is 0. The van der Waals surface area contributed by atoms with Gasteiger partial charge in [0.05, 0.1) is 16.0 Å². The monoisotopic (exact) mass is 473 g/mol. The molecule has 0 saturated carbocycles. The van der Waals surface area contributed by atoms with Gasteiger partial charge in [-0.2, -0.15) is 4.31 Å². The summed E-state index contributed by atoms with van der Waals surface area (Å²) < 4.78 is 35.0. The molecule has 0 unspecified atom stereocenters. The highest BCUT2D eigenvalue weighted by molar-refractivity contribution is 9.10. The lowest BCUT2D eigenvalue weighted by molar-refractivity contribution is 0.314. The highest BCUT2D eigenvalue weighted by atomic mass is 79.9. The van der Waals surface area contributed by atoms with Crippen LogP contribution in [0.15, 0.2) is 88.2 Å². The third-order valence-corrected chi connectivity index (χ3v) is 6.85. The van der Waals surface area contributed by atoms with Crippen molar-refractivity contribution in [1.29, 1.82) is 0 Å². The first kappa shape index (κ1) is 21.6. The normalized spacial score (nSPS) is 11.6. The molecule has 0 fully saturated rings. The third-order valence-electron chi connectivity index (χ3n) is 4.41. The van der Waals surface area contributed by atoms with Crippen molar-refractivity contribution in [2.45, 2.75) is 31.3 Å². The Kier molecular flexibility index (Phi) is 7.47. The Bertz CT molecular complexity index is 983. The zero-order chi connectivity index (χ0) is 20.7. The first-order chi connectivity index (χ1) is 14.0. The molecular weight excluding hydrogens is 450 g/mol. The molecule has 0 saturated heterocycles. The van der Waals surface area contributed by atoms with Gasteiger partial charge in [0.2, 0.25) is 10.0 Å². The Morgan fingerprint density at radius 1 is 0.862 bits per heavy atom. The van der Waals surface area contributed by atoms with Crippen LogP contribution in [0.5, 0.6) is 5.75 Å². The van der Waals surface area contributed by atoms with Crippen LogP contribution in [-0.4, -0.2) is 19.3 Å². The zero-order valence-corrected chi connectivity index (χ0v) is 18.7. The van der Waals surface area contributed by atoms with Crippen LogP contribution in [0.4, 0.5) is 0 Å². The fourth-order valence-electron chi connectivity index (χ4n) is 2.92. The standard InChI is InChI=1S/C23H24BrNO3S/c1-2-15-28-23-16-21(13-14-22(23)24)29(26,27)25(17-19-9-5-3-6-10-19)18-20-11-7-4-8-12-20/h3-14,16H,2,15,17-18H2,1H3. The van der Waals surface area contributed by atoms with Crippen LogP contribution in [0.25, 0.3) is 0 Å². The third kappa shape index (κ3) is 5.69. The van der Waals surface area contributed by atoms with E-state index in [1.54, 1.807) is 18.2 Å². The second-order valence-corrected chi connectivity index (χ2v) is 9.48. The molecule has 152 valence electrons. The van der Waals surface area contributed by atoms with Crippen LogP contribution >= 0.6 is 15.9 Å². The smallest absolute Gasteiger partial charge is 0.243 e. The molecule has 6 heteroatoms. The summed E-state index contributed by atoms with van der Waals surface area (Å²) in [4.78, 5) is 0.221. The SMILES string of the molecule is CCCOc1cc(S(=O)(=O)N(Cc2ccccc2)Cc2ccccc2)ccc1Br. The molecule has 0 aliphatic heterocycles. The molecule has 0 atom stereocenters. The summed E-state index contributed by atoms with van der Waals surface area (Å²) in [6.07, 6.45) is 0.845. The lowest BCUT2D eigenvalue weighted by Crippen LogP contribution is -2.30. The molecule has 3 rings (SSSR count). The van der Waals surface area contributed by atoms with Gasteiger partial charge in [-0.25, -0.2) is 8.42 Å². The lowest BCUT2D eigenvalue weighted by atomic mass is 10.2. The molecule has 0 bridgehead atoms. The van der Waals surface area contributed by atoms with E-state index in [0.717, 1.165) is 22.0 Å². The number of benzene rings is 3. The van der Waals surface area contributed by atoms with Crippen LogP contribution in [0, 0.1) is 0 Å². The van der Waals surface area contributed by atoms with Crippen molar-refractivity contribution in [3.8, 4) is 5.75 Å². The van der Waals surface area contributed by atoms with E-state index in [-0.39, 0.29) is 4.90 Å². The molecule has 0 radical (unpaired) electrons. The topological polar surface area (TPSA) is 46.6 Å². The number of nitrogens with zero attached hydrogens (tertiary/aromatic N) is 1. The van der Waals surface area contributed by atoms with Crippen LogP contribution in [0.1, 0.15) is 24.5 Å². The maximum Gasteiger partial charge on any atom is 0.243 e. The molecule has 3 aromatic carbocycles. The molecule has 0 spiro atoms. The van der Waals surface area contributed by atoms with Gasteiger partial charge in [-0.3, -0.25) is 0 Å². The van der Waals surface area contributed by atoms with E-state index >= 15 is 0 Å². The minimum Gasteiger partial charge on any atom is -0.492 e. The van der Waals surface area contributed by atoms with Gasteiger partial charge < -0.3 is 4.74 Å². The summed E-state index contributed by atoms with van der Waals surface area (Å²) in [5, 5.41) is 0. The fourth-order valence-corrected chi connectivity index (χ4v) is 4.71.